The quantitative estimate of drug-likeness (QED) is 0.0385. The molecule has 4 nitrogen and oxygen atoms in total. The topological polar surface area (TPSA) is 55.8 Å². The lowest BCUT2D eigenvalue weighted by Gasteiger charge is -2.15. The van der Waals surface area contributed by atoms with E-state index in [-0.39, 0.29) is 19.2 Å². The van der Waals surface area contributed by atoms with Crippen LogP contribution >= 0.6 is 0 Å². The van der Waals surface area contributed by atoms with Crippen LogP contribution in [-0.2, 0) is 14.3 Å². The number of rotatable bonds is 39. The number of hydrogen-bond donors (Lipinski definition) is 1. The normalized spacial score (nSPS) is 13.6. The van der Waals surface area contributed by atoms with Crippen molar-refractivity contribution in [3.63, 3.8) is 0 Å². The summed E-state index contributed by atoms with van der Waals surface area (Å²) >= 11 is 0. The molecule has 1 atom stereocenters. The zero-order chi connectivity index (χ0) is 39.8. The highest BCUT2D eigenvalue weighted by molar-refractivity contribution is 5.69. The first-order valence-electron chi connectivity index (χ1n) is 22.1. The summed E-state index contributed by atoms with van der Waals surface area (Å²) in [6.07, 6.45) is 69.8. The van der Waals surface area contributed by atoms with E-state index in [2.05, 4.69) is 135 Å². The van der Waals surface area contributed by atoms with Crippen molar-refractivity contribution < 1.29 is 19.4 Å². The second-order valence-corrected chi connectivity index (χ2v) is 14.0. The van der Waals surface area contributed by atoms with Gasteiger partial charge in [-0.25, -0.2) is 0 Å². The van der Waals surface area contributed by atoms with Crippen molar-refractivity contribution in [2.24, 2.45) is 0 Å². The minimum absolute atomic E-state index is 0.205. The van der Waals surface area contributed by atoms with E-state index in [0.29, 0.717) is 13.0 Å². The molecule has 0 heterocycles. The van der Waals surface area contributed by atoms with E-state index in [1.54, 1.807) is 0 Å². The van der Waals surface area contributed by atoms with Gasteiger partial charge in [-0.15, -0.1) is 0 Å². The van der Waals surface area contributed by atoms with E-state index in [9.17, 15) is 9.90 Å². The first-order chi connectivity index (χ1) is 27.2. The Hall–Kier alpha value is -3.21. The van der Waals surface area contributed by atoms with Gasteiger partial charge in [0.25, 0.3) is 0 Å². The molecule has 0 aliphatic rings. The lowest BCUT2D eigenvalue weighted by molar-refractivity contribution is -0.154. The number of carbonyl (C=O) groups excluding carboxylic acids is 1. The summed E-state index contributed by atoms with van der Waals surface area (Å²) < 4.78 is 11.1. The number of ether oxygens (including phenoxy) is 2. The molecule has 0 saturated heterocycles. The highest BCUT2D eigenvalue weighted by atomic mass is 16.6. The van der Waals surface area contributed by atoms with E-state index >= 15 is 0 Å². The van der Waals surface area contributed by atoms with Crippen LogP contribution in [0.5, 0.6) is 0 Å². The SMILES string of the molecule is CC/C=C\C/C=C\C/C=C\C/C=C\C/C=C\C/C=C\CCCOCC(CO)OC(=O)CCCCCCCCCCCC/C=C\C/C=C\C/C=C\C/C=C\CC. The number of carbonyl (C=O) groups is 1. The van der Waals surface area contributed by atoms with Crippen molar-refractivity contribution in [1.82, 2.24) is 0 Å². The fourth-order valence-electron chi connectivity index (χ4n) is 5.57. The second-order valence-electron chi connectivity index (χ2n) is 14.0. The largest absolute Gasteiger partial charge is 0.457 e. The van der Waals surface area contributed by atoms with E-state index < -0.39 is 6.10 Å². The van der Waals surface area contributed by atoms with Crippen LogP contribution in [0.2, 0.25) is 0 Å². The molecule has 310 valence electrons. The monoisotopic (exact) mass is 759 g/mol. The Balaban J connectivity index is 3.58. The molecule has 4 heteroatoms. The van der Waals surface area contributed by atoms with E-state index in [1.165, 1.54) is 57.8 Å². The molecule has 0 radical (unpaired) electrons. The molecule has 0 aliphatic heterocycles. The van der Waals surface area contributed by atoms with Gasteiger partial charge in [-0.3, -0.25) is 4.79 Å². The van der Waals surface area contributed by atoms with E-state index in [0.717, 1.165) is 89.9 Å². The molecule has 55 heavy (non-hydrogen) atoms. The number of aliphatic hydroxyl groups is 1. The summed E-state index contributed by atoms with van der Waals surface area (Å²) in [6, 6.07) is 0. The number of allylic oxidation sites excluding steroid dienone is 20. The Morgan fingerprint density at radius 1 is 0.436 bits per heavy atom. The standard InChI is InChI=1S/C51H82O4/c1-3-5-7-9-11-13-15-17-19-21-23-25-26-27-28-30-32-34-36-38-40-42-44-46-51(53)55-50(48-52)49-54-47-45-43-41-39-37-35-33-31-29-24-22-20-18-16-14-12-10-8-6-4-2/h5-8,11-14,17-20,23-25,29,33,35,39,41,50,52H,3-4,9-10,15-16,21-22,26-28,30-32,34,36-38,40,42-49H2,1-2H3/b7-5-,8-6-,13-11-,14-12-,19-17-,20-18-,25-23-,29-24-,35-33-,41-39-. The van der Waals surface area contributed by atoms with Gasteiger partial charge in [0.15, 0.2) is 0 Å². The Kier molecular flexibility index (Phi) is 44.2. The Bertz CT molecular complexity index is 1110. The van der Waals surface area contributed by atoms with Gasteiger partial charge in [0.05, 0.1) is 13.2 Å². The number of aliphatic hydroxyl groups excluding tert-OH is 1. The number of esters is 1. The molecule has 0 fully saturated rings. The van der Waals surface area contributed by atoms with Gasteiger partial charge in [-0.1, -0.05) is 187 Å². The van der Waals surface area contributed by atoms with E-state index in [4.69, 9.17) is 9.47 Å². The zero-order valence-electron chi connectivity index (χ0n) is 35.4. The van der Waals surface area contributed by atoms with Crippen LogP contribution in [0, 0.1) is 0 Å². The summed E-state index contributed by atoms with van der Waals surface area (Å²) in [4.78, 5) is 12.2. The van der Waals surface area contributed by atoms with Crippen molar-refractivity contribution in [3.8, 4) is 0 Å². The molecule has 0 aromatic heterocycles. The van der Waals surface area contributed by atoms with Gasteiger partial charge in [0.2, 0.25) is 0 Å². The molecule has 0 aromatic rings. The smallest absolute Gasteiger partial charge is 0.306 e. The molecule has 0 saturated carbocycles. The third-order valence-electron chi connectivity index (χ3n) is 8.78. The van der Waals surface area contributed by atoms with Crippen molar-refractivity contribution in [2.45, 2.75) is 174 Å². The third kappa shape index (κ3) is 45.1. The third-order valence-corrected chi connectivity index (χ3v) is 8.78. The average Bonchev–Trinajstić information content (AvgIpc) is 3.19. The van der Waals surface area contributed by atoms with Crippen LogP contribution in [0.4, 0.5) is 0 Å². The highest BCUT2D eigenvalue weighted by Gasteiger charge is 2.13. The van der Waals surface area contributed by atoms with Crippen LogP contribution in [0.25, 0.3) is 0 Å². The fraction of sp³-hybridized carbons (Fsp3) is 0.588. The number of unbranched alkanes of at least 4 members (excludes halogenated alkanes) is 11. The van der Waals surface area contributed by atoms with E-state index in [1.807, 2.05) is 0 Å². The van der Waals surface area contributed by atoms with Gasteiger partial charge in [-0.05, 0) is 96.3 Å². The molecule has 0 bridgehead atoms. The molecule has 0 amide bonds. The van der Waals surface area contributed by atoms with Crippen LogP contribution < -0.4 is 0 Å². The Labute approximate surface area is 339 Å². The molecule has 1 unspecified atom stereocenters. The maximum absolute atomic E-state index is 12.2. The van der Waals surface area contributed by atoms with Gasteiger partial charge in [0, 0.05) is 13.0 Å². The molecule has 0 rings (SSSR count). The minimum Gasteiger partial charge on any atom is -0.457 e. The lowest BCUT2D eigenvalue weighted by Crippen LogP contribution is -2.27. The summed E-state index contributed by atoms with van der Waals surface area (Å²) in [5.41, 5.74) is 0. The summed E-state index contributed by atoms with van der Waals surface area (Å²) in [5, 5.41) is 9.61. The van der Waals surface area contributed by atoms with Gasteiger partial charge in [-0.2, -0.15) is 0 Å². The fourth-order valence-corrected chi connectivity index (χ4v) is 5.57. The van der Waals surface area contributed by atoms with Crippen molar-refractivity contribution in [3.05, 3.63) is 122 Å². The van der Waals surface area contributed by atoms with Gasteiger partial charge >= 0.3 is 5.97 Å². The van der Waals surface area contributed by atoms with Crippen LogP contribution in [0.3, 0.4) is 0 Å². The lowest BCUT2D eigenvalue weighted by atomic mass is 10.0. The summed E-state index contributed by atoms with van der Waals surface area (Å²) in [6.45, 7) is 4.95. The summed E-state index contributed by atoms with van der Waals surface area (Å²) in [7, 11) is 0. The molecule has 1 N–H and O–H groups in total. The van der Waals surface area contributed by atoms with Gasteiger partial charge < -0.3 is 14.6 Å². The molecule has 0 spiro atoms. The Morgan fingerprint density at radius 2 is 0.764 bits per heavy atom. The molecular weight excluding hydrogens is 677 g/mol. The van der Waals surface area contributed by atoms with Crippen LogP contribution in [0.1, 0.15) is 168 Å². The maximum atomic E-state index is 12.2. The predicted octanol–water partition coefficient (Wildman–Crippen LogP) is 14.9. The van der Waals surface area contributed by atoms with Crippen LogP contribution in [0.15, 0.2) is 122 Å². The van der Waals surface area contributed by atoms with Crippen molar-refractivity contribution >= 4 is 5.97 Å². The van der Waals surface area contributed by atoms with Gasteiger partial charge in [0.1, 0.15) is 6.10 Å². The first kappa shape index (κ1) is 51.8. The molecular formula is C51H82O4. The molecule has 0 aromatic carbocycles. The first-order valence-corrected chi connectivity index (χ1v) is 22.1. The minimum atomic E-state index is -0.577. The summed E-state index contributed by atoms with van der Waals surface area (Å²) in [5.74, 6) is -0.231. The zero-order valence-corrected chi connectivity index (χ0v) is 35.4. The van der Waals surface area contributed by atoms with Crippen molar-refractivity contribution in [1.29, 1.82) is 0 Å². The maximum Gasteiger partial charge on any atom is 0.306 e. The highest BCUT2D eigenvalue weighted by Crippen LogP contribution is 2.13. The number of hydrogen-bond acceptors (Lipinski definition) is 4. The predicted molar refractivity (Wildman–Crippen MR) is 241 cm³/mol. The average molecular weight is 759 g/mol. The second kappa shape index (κ2) is 46.9. The van der Waals surface area contributed by atoms with Crippen LogP contribution in [-0.4, -0.2) is 37.0 Å². The van der Waals surface area contributed by atoms with Crippen molar-refractivity contribution in [2.75, 3.05) is 19.8 Å². The molecule has 0 aliphatic carbocycles. The Morgan fingerprint density at radius 3 is 1.15 bits per heavy atom.